The van der Waals surface area contributed by atoms with Crippen molar-refractivity contribution < 1.29 is 4.92 Å². The molecule has 188 valence electrons. The third kappa shape index (κ3) is 4.67. The zero-order valence-corrected chi connectivity index (χ0v) is 22.6. The molecule has 2 aromatic heterocycles. The first kappa shape index (κ1) is 24.9. The van der Waals surface area contributed by atoms with Gasteiger partial charge in [-0.1, -0.05) is 86.2 Å². The van der Waals surface area contributed by atoms with Gasteiger partial charge in [0.05, 0.1) is 27.4 Å². The number of nitro groups is 1. The van der Waals surface area contributed by atoms with E-state index in [1.807, 2.05) is 60.7 Å². The van der Waals surface area contributed by atoms with Gasteiger partial charge in [0.25, 0.3) is 11.2 Å². The molecule has 3 aromatic carbocycles. The number of aromatic nitrogens is 3. The van der Waals surface area contributed by atoms with Crippen molar-refractivity contribution in [1.82, 2.24) is 14.6 Å². The summed E-state index contributed by atoms with van der Waals surface area (Å²) in [6.45, 7) is 8.01. The second-order valence-corrected chi connectivity index (χ2v) is 14.9. The summed E-state index contributed by atoms with van der Waals surface area (Å²) in [5.74, 6) is 3.01. The molecule has 5 rings (SSSR count). The number of nitrogens with one attached hydrogen (secondary N) is 1. The molecule has 0 bridgehead atoms. The molecule has 0 unspecified atom stereocenters. The van der Waals surface area contributed by atoms with E-state index in [1.54, 1.807) is 19.1 Å². The molecule has 5 aromatic rings. The number of hydrogen-bond donors (Lipinski definition) is 1. The van der Waals surface area contributed by atoms with Crippen LogP contribution in [0.5, 0.6) is 0 Å². The first-order chi connectivity index (χ1) is 18.1. The van der Waals surface area contributed by atoms with Gasteiger partial charge in [0.2, 0.25) is 0 Å². The predicted octanol–water partition coefficient (Wildman–Crippen LogP) is 6.47. The quantitative estimate of drug-likeness (QED) is 0.128. The lowest BCUT2D eigenvalue weighted by Crippen LogP contribution is -2.19. The van der Waals surface area contributed by atoms with Gasteiger partial charge in [0.15, 0.2) is 5.65 Å². The number of benzene rings is 3. The summed E-state index contributed by atoms with van der Waals surface area (Å²) in [5, 5.41) is 15.0. The van der Waals surface area contributed by atoms with Gasteiger partial charge in [-0.25, -0.2) is 4.98 Å². The molecule has 0 fully saturated rings. The molecular formula is C30H26N4O3Si. The van der Waals surface area contributed by atoms with Crippen LogP contribution < -0.4 is 5.56 Å². The second-order valence-electron chi connectivity index (χ2n) is 10.1. The SMILES string of the molecule is Cc1nc2c(-c3ccccc3)c(-c3ccccc3)[nH]n2c(=O)c1-c1ccc([N+](=O)[O-])c(C#C[Si](C)(C)C)c1. The second kappa shape index (κ2) is 9.61. The Hall–Kier alpha value is -4.74. The van der Waals surface area contributed by atoms with E-state index in [0.717, 1.165) is 22.4 Å². The van der Waals surface area contributed by atoms with Crippen molar-refractivity contribution in [3.05, 3.63) is 111 Å². The van der Waals surface area contributed by atoms with Crippen molar-refractivity contribution in [3.63, 3.8) is 0 Å². The van der Waals surface area contributed by atoms with E-state index in [9.17, 15) is 14.9 Å². The Morgan fingerprint density at radius 2 is 1.53 bits per heavy atom. The molecule has 0 spiro atoms. The van der Waals surface area contributed by atoms with Crippen LogP contribution in [0.1, 0.15) is 11.3 Å². The Labute approximate surface area is 221 Å². The van der Waals surface area contributed by atoms with Crippen molar-refractivity contribution in [2.45, 2.75) is 26.6 Å². The lowest BCUT2D eigenvalue weighted by molar-refractivity contribution is -0.385. The number of nitrogens with zero attached hydrogens (tertiary/aromatic N) is 3. The van der Waals surface area contributed by atoms with Crippen LogP contribution in [0.15, 0.2) is 83.7 Å². The minimum atomic E-state index is -1.79. The number of H-pyrrole nitrogens is 1. The average molecular weight is 519 g/mol. The number of nitro benzene ring substituents is 1. The van der Waals surface area contributed by atoms with Crippen LogP contribution in [-0.2, 0) is 0 Å². The molecule has 2 heterocycles. The van der Waals surface area contributed by atoms with E-state index in [2.05, 4.69) is 36.2 Å². The van der Waals surface area contributed by atoms with Crippen LogP contribution in [0.3, 0.4) is 0 Å². The summed E-state index contributed by atoms with van der Waals surface area (Å²) >= 11 is 0. The molecule has 0 saturated carbocycles. The van der Waals surface area contributed by atoms with Crippen LogP contribution >= 0.6 is 0 Å². The summed E-state index contributed by atoms with van der Waals surface area (Å²) in [4.78, 5) is 30.1. The molecule has 0 aliphatic rings. The molecular weight excluding hydrogens is 492 g/mol. The molecule has 7 nitrogen and oxygen atoms in total. The van der Waals surface area contributed by atoms with Crippen molar-refractivity contribution in [2.24, 2.45) is 0 Å². The third-order valence-electron chi connectivity index (χ3n) is 6.14. The molecule has 0 amide bonds. The molecule has 38 heavy (non-hydrogen) atoms. The first-order valence-corrected chi connectivity index (χ1v) is 15.7. The maximum absolute atomic E-state index is 14.0. The molecule has 0 saturated heterocycles. The standard InChI is InChI=1S/C30H26N4O3Si/c1-20-26(24-15-16-25(34(36)37)23(19-24)17-18-38(2,3)4)30(35)33-29(31-20)27(21-11-7-5-8-12-21)28(32-33)22-13-9-6-10-14-22/h5-16,19,32H,1-4H3. The van der Waals surface area contributed by atoms with Gasteiger partial charge in [-0.15, -0.1) is 5.54 Å². The molecule has 8 heteroatoms. The van der Waals surface area contributed by atoms with Crippen LogP contribution in [0, 0.1) is 28.5 Å². The highest BCUT2D eigenvalue weighted by Crippen LogP contribution is 2.35. The zero-order valence-electron chi connectivity index (χ0n) is 21.6. The van der Waals surface area contributed by atoms with E-state index in [4.69, 9.17) is 4.98 Å². The number of aromatic amines is 1. The monoisotopic (exact) mass is 518 g/mol. The largest absolute Gasteiger partial charge is 0.288 e. The van der Waals surface area contributed by atoms with E-state index < -0.39 is 13.0 Å². The fourth-order valence-corrected chi connectivity index (χ4v) is 4.92. The summed E-state index contributed by atoms with van der Waals surface area (Å²) in [7, 11) is -1.79. The van der Waals surface area contributed by atoms with Crippen LogP contribution in [0.2, 0.25) is 19.6 Å². The van der Waals surface area contributed by atoms with Gasteiger partial charge < -0.3 is 0 Å². The normalized spacial score (nSPS) is 11.3. The lowest BCUT2D eigenvalue weighted by Gasteiger charge is -2.08. The van der Waals surface area contributed by atoms with Gasteiger partial charge in [0.1, 0.15) is 13.6 Å². The van der Waals surface area contributed by atoms with Gasteiger partial charge in [0, 0.05) is 11.6 Å². The Bertz CT molecular complexity index is 1810. The topological polar surface area (TPSA) is 93.3 Å². The van der Waals surface area contributed by atoms with E-state index in [-0.39, 0.29) is 11.2 Å². The average Bonchev–Trinajstić information content (AvgIpc) is 3.27. The maximum atomic E-state index is 14.0. The van der Waals surface area contributed by atoms with Crippen molar-refractivity contribution >= 4 is 19.4 Å². The van der Waals surface area contributed by atoms with Crippen molar-refractivity contribution in [3.8, 4) is 45.0 Å². The highest BCUT2D eigenvalue weighted by molar-refractivity contribution is 6.83. The summed E-state index contributed by atoms with van der Waals surface area (Å²) in [6, 6.07) is 24.3. The summed E-state index contributed by atoms with van der Waals surface area (Å²) in [6.07, 6.45) is 0. The molecule has 0 radical (unpaired) electrons. The van der Waals surface area contributed by atoms with Gasteiger partial charge >= 0.3 is 0 Å². The minimum Gasteiger partial charge on any atom is -0.288 e. The predicted molar refractivity (Wildman–Crippen MR) is 154 cm³/mol. The van der Waals surface area contributed by atoms with E-state index in [1.165, 1.54) is 10.6 Å². The number of aryl methyl sites for hydroxylation is 1. The fourth-order valence-electron chi connectivity index (χ4n) is 4.41. The van der Waals surface area contributed by atoms with Crippen LogP contribution in [-0.4, -0.2) is 27.6 Å². The highest BCUT2D eigenvalue weighted by Gasteiger charge is 2.22. The van der Waals surface area contributed by atoms with Crippen LogP contribution in [0.25, 0.3) is 39.2 Å². The van der Waals surface area contributed by atoms with E-state index >= 15 is 0 Å². The Kier molecular flexibility index (Phi) is 6.31. The molecule has 0 aliphatic carbocycles. The third-order valence-corrected chi connectivity index (χ3v) is 7.02. The lowest BCUT2D eigenvalue weighted by atomic mass is 10.0. The molecule has 1 N–H and O–H groups in total. The number of hydrogen-bond acceptors (Lipinski definition) is 4. The molecule has 0 atom stereocenters. The summed E-state index contributed by atoms with van der Waals surface area (Å²) < 4.78 is 1.46. The van der Waals surface area contributed by atoms with Gasteiger partial charge in [-0.05, 0) is 30.2 Å². The fraction of sp³-hybridized carbons (Fsp3) is 0.133. The van der Waals surface area contributed by atoms with Crippen molar-refractivity contribution in [1.29, 1.82) is 0 Å². The Morgan fingerprint density at radius 1 is 0.895 bits per heavy atom. The van der Waals surface area contributed by atoms with Gasteiger partial charge in [-0.3, -0.25) is 20.0 Å². The summed E-state index contributed by atoms with van der Waals surface area (Å²) in [5.41, 5.74) is 8.55. The zero-order chi connectivity index (χ0) is 27.0. The maximum Gasteiger partial charge on any atom is 0.284 e. The minimum absolute atomic E-state index is 0.0797. The highest BCUT2D eigenvalue weighted by atomic mass is 28.3. The number of fused-ring (bicyclic) bond motifs is 1. The molecule has 0 aliphatic heterocycles. The first-order valence-electron chi connectivity index (χ1n) is 12.2. The Morgan fingerprint density at radius 3 is 2.13 bits per heavy atom. The van der Waals surface area contributed by atoms with E-state index in [0.29, 0.717) is 28.0 Å². The van der Waals surface area contributed by atoms with Gasteiger partial charge in [-0.2, -0.15) is 4.52 Å². The Balaban J connectivity index is 1.78. The van der Waals surface area contributed by atoms with Crippen LogP contribution in [0.4, 0.5) is 5.69 Å². The number of rotatable bonds is 4. The van der Waals surface area contributed by atoms with Crippen molar-refractivity contribution in [2.75, 3.05) is 0 Å². The smallest absolute Gasteiger partial charge is 0.284 e.